The molecule has 21 heavy (non-hydrogen) atoms. The topological polar surface area (TPSA) is 72.6 Å². The maximum absolute atomic E-state index is 12.8. The van der Waals surface area contributed by atoms with E-state index in [1.165, 1.54) is 17.5 Å². The molecule has 1 fully saturated rings. The van der Waals surface area contributed by atoms with Crippen LogP contribution in [0.3, 0.4) is 0 Å². The molecule has 0 radical (unpaired) electrons. The summed E-state index contributed by atoms with van der Waals surface area (Å²) in [5, 5.41) is 0. The van der Waals surface area contributed by atoms with Crippen LogP contribution in [-0.2, 0) is 10.0 Å². The van der Waals surface area contributed by atoms with Gasteiger partial charge in [0.05, 0.1) is 13.7 Å². The van der Waals surface area contributed by atoms with Gasteiger partial charge in [-0.05, 0) is 46.8 Å². The fourth-order valence-electron chi connectivity index (χ4n) is 1.99. The highest BCUT2D eigenvalue weighted by Gasteiger charge is 2.33. The SMILES string of the molecule is C#CCN(CC1CC1)S(=O)(=O)c1cc(N)c(Br)cc1OC. The Labute approximate surface area is 133 Å². The van der Waals surface area contributed by atoms with Crippen molar-refractivity contribution in [3.05, 3.63) is 16.6 Å². The number of anilines is 1. The van der Waals surface area contributed by atoms with E-state index in [1.54, 1.807) is 6.07 Å². The lowest BCUT2D eigenvalue weighted by Gasteiger charge is -2.21. The number of methoxy groups -OCH3 is 1. The second-order valence-electron chi connectivity index (χ2n) is 4.97. The molecule has 0 atom stereocenters. The number of nitrogens with two attached hydrogens (primary N) is 1. The molecule has 0 saturated heterocycles. The molecule has 2 N–H and O–H groups in total. The minimum Gasteiger partial charge on any atom is -0.495 e. The van der Waals surface area contributed by atoms with E-state index in [1.807, 2.05) is 0 Å². The summed E-state index contributed by atoms with van der Waals surface area (Å²) >= 11 is 3.26. The lowest BCUT2D eigenvalue weighted by molar-refractivity contribution is 0.393. The largest absolute Gasteiger partial charge is 0.495 e. The number of nitrogen functional groups attached to an aromatic ring is 1. The van der Waals surface area contributed by atoms with E-state index >= 15 is 0 Å². The molecule has 5 nitrogen and oxygen atoms in total. The standard InChI is InChI=1S/C14H17BrN2O3S/c1-3-6-17(9-10-4-5-10)21(18,19)14-8-12(16)11(15)7-13(14)20-2/h1,7-8,10H,4-6,9,16H2,2H3. The van der Waals surface area contributed by atoms with Gasteiger partial charge in [0, 0.05) is 16.7 Å². The van der Waals surface area contributed by atoms with Gasteiger partial charge in [0.15, 0.2) is 0 Å². The van der Waals surface area contributed by atoms with Gasteiger partial charge in [-0.1, -0.05) is 5.92 Å². The molecule has 1 saturated carbocycles. The van der Waals surface area contributed by atoms with E-state index in [2.05, 4.69) is 21.9 Å². The normalized spacial score (nSPS) is 15.0. The van der Waals surface area contributed by atoms with Crippen molar-refractivity contribution in [1.29, 1.82) is 0 Å². The van der Waals surface area contributed by atoms with Crippen LogP contribution in [0.1, 0.15) is 12.8 Å². The summed E-state index contributed by atoms with van der Waals surface area (Å²) in [4.78, 5) is 0.0431. The molecule has 0 amide bonds. The van der Waals surface area contributed by atoms with E-state index in [9.17, 15) is 8.42 Å². The summed E-state index contributed by atoms with van der Waals surface area (Å²) in [7, 11) is -2.32. The number of sulfonamides is 1. The van der Waals surface area contributed by atoms with Gasteiger partial charge in [0.2, 0.25) is 10.0 Å². The van der Waals surface area contributed by atoms with E-state index < -0.39 is 10.0 Å². The zero-order chi connectivity index (χ0) is 15.6. The summed E-state index contributed by atoms with van der Waals surface area (Å²) < 4.78 is 32.7. The van der Waals surface area contributed by atoms with Crippen LogP contribution in [0.5, 0.6) is 5.75 Å². The van der Waals surface area contributed by atoms with Gasteiger partial charge in [0.25, 0.3) is 0 Å². The minimum absolute atomic E-state index is 0.0396. The summed E-state index contributed by atoms with van der Waals surface area (Å²) in [5.74, 6) is 3.05. The molecule has 1 aliphatic carbocycles. The lowest BCUT2D eigenvalue weighted by Crippen LogP contribution is -2.33. The molecule has 0 spiro atoms. The smallest absolute Gasteiger partial charge is 0.247 e. The quantitative estimate of drug-likeness (QED) is 0.612. The van der Waals surface area contributed by atoms with Gasteiger partial charge in [-0.3, -0.25) is 0 Å². The fourth-order valence-corrected chi connectivity index (χ4v) is 3.91. The maximum Gasteiger partial charge on any atom is 0.247 e. The molecule has 0 heterocycles. The molecule has 0 aromatic heterocycles. The zero-order valence-electron chi connectivity index (χ0n) is 11.7. The number of ether oxygens (including phenoxy) is 1. The van der Waals surface area contributed by atoms with Gasteiger partial charge >= 0.3 is 0 Å². The lowest BCUT2D eigenvalue weighted by atomic mass is 10.3. The highest BCUT2D eigenvalue weighted by Crippen LogP contribution is 2.36. The van der Waals surface area contributed by atoms with Crippen LogP contribution >= 0.6 is 15.9 Å². The third-order valence-electron chi connectivity index (χ3n) is 3.33. The number of hydrogen-bond donors (Lipinski definition) is 1. The molecule has 1 aromatic rings. The molecule has 114 valence electrons. The Balaban J connectivity index is 2.45. The van der Waals surface area contributed by atoms with E-state index in [-0.39, 0.29) is 17.2 Å². The van der Waals surface area contributed by atoms with Crippen LogP contribution < -0.4 is 10.5 Å². The molecule has 1 aliphatic rings. The Hall–Kier alpha value is -1.23. The second-order valence-corrected chi connectivity index (χ2v) is 7.73. The number of rotatable bonds is 6. The number of halogens is 1. The van der Waals surface area contributed by atoms with Gasteiger partial charge in [0.1, 0.15) is 10.6 Å². The molecule has 1 aromatic carbocycles. The second kappa shape index (κ2) is 6.26. The van der Waals surface area contributed by atoms with Crippen molar-refractivity contribution in [2.45, 2.75) is 17.7 Å². The first-order valence-corrected chi connectivity index (χ1v) is 8.70. The third-order valence-corrected chi connectivity index (χ3v) is 5.85. The minimum atomic E-state index is -3.74. The van der Waals surface area contributed by atoms with Gasteiger partial charge in [-0.15, -0.1) is 6.42 Å². The van der Waals surface area contributed by atoms with Gasteiger partial charge in [-0.25, -0.2) is 8.42 Å². The molecule has 0 unspecified atom stereocenters. The van der Waals surface area contributed by atoms with Crippen molar-refractivity contribution in [2.75, 3.05) is 25.9 Å². The first-order chi connectivity index (χ1) is 9.90. The Bertz CT molecular complexity index is 678. The highest BCUT2D eigenvalue weighted by molar-refractivity contribution is 9.10. The van der Waals surface area contributed by atoms with Crippen LogP contribution in [0.2, 0.25) is 0 Å². The van der Waals surface area contributed by atoms with E-state index in [4.69, 9.17) is 16.9 Å². The van der Waals surface area contributed by atoms with E-state index in [0.717, 1.165) is 12.8 Å². The van der Waals surface area contributed by atoms with Crippen molar-refractivity contribution in [2.24, 2.45) is 5.92 Å². The average molecular weight is 373 g/mol. The van der Waals surface area contributed by atoms with Crippen molar-refractivity contribution in [3.8, 4) is 18.1 Å². The van der Waals surface area contributed by atoms with Gasteiger partial charge in [-0.2, -0.15) is 4.31 Å². The van der Waals surface area contributed by atoms with Crippen LogP contribution in [0.25, 0.3) is 0 Å². The van der Waals surface area contributed by atoms with Crippen molar-refractivity contribution < 1.29 is 13.2 Å². The van der Waals surface area contributed by atoms with Crippen molar-refractivity contribution in [1.82, 2.24) is 4.31 Å². The maximum atomic E-state index is 12.8. The number of nitrogens with zero attached hydrogens (tertiary/aromatic N) is 1. The summed E-state index contributed by atoms with van der Waals surface area (Å²) in [6.45, 7) is 0.476. The molecule has 0 aliphatic heterocycles. The van der Waals surface area contributed by atoms with E-state index in [0.29, 0.717) is 22.6 Å². The third kappa shape index (κ3) is 3.51. The summed E-state index contributed by atoms with van der Waals surface area (Å²) in [6, 6.07) is 2.95. The average Bonchev–Trinajstić information content (AvgIpc) is 3.24. The zero-order valence-corrected chi connectivity index (χ0v) is 14.1. The number of terminal acetylenes is 1. The first-order valence-electron chi connectivity index (χ1n) is 6.46. The Morgan fingerprint density at radius 2 is 2.19 bits per heavy atom. The molecular formula is C14H17BrN2O3S. The summed E-state index contributed by atoms with van der Waals surface area (Å²) in [6.07, 6.45) is 7.38. The highest BCUT2D eigenvalue weighted by atomic mass is 79.9. The Morgan fingerprint density at radius 3 is 2.71 bits per heavy atom. The Morgan fingerprint density at radius 1 is 1.52 bits per heavy atom. The van der Waals surface area contributed by atoms with Crippen LogP contribution in [0, 0.1) is 18.3 Å². The fraction of sp³-hybridized carbons (Fsp3) is 0.429. The number of benzene rings is 1. The number of hydrogen-bond acceptors (Lipinski definition) is 4. The molecular weight excluding hydrogens is 356 g/mol. The predicted molar refractivity (Wildman–Crippen MR) is 85.4 cm³/mol. The Kier molecular flexibility index (Phi) is 4.81. The molecule has 0 bridgehead atoms. The van der Waals surface area contributed by atoms with Crippen molar-refractivity contribution in [3.63, 3.8) is 0 Å². The van der Waals surface area contributed by atoms with Gasteiger partial charge < -0.3 is 10.5 Å². The van der Waals surface area contributed by atoms with Crippen molar-refractivity contribution >= 4 is 31.6 Å². The molecule has 2 rings (SSSR count). The summed E-state index contributed by atoms with van der Waals surface area (Å²) in [5.41, 5.74) is 6.14. The molecule has 7 heteroatoms. The van der Waals surface area contributed by atoms with Crippen LogP contribution in [0.15, 0.2) is 21.5 Å². The monoisotopic (exact) mass is 372 g/mol. The van der Waals surface area contributed by atoms with Crippen LogP contribution in [0.4, 0.5) is 5.69 Å². The van der Waals surface area contributed by atoms with Crippen LogP contribution in [-0.4, -0.2) is 32.9 Å². The first kappa shape index (κ1) is 16.1. The predicted octanol–water partition coefficient (Wildman–Crippen LogP) is 2.07.